The van der Waals surface area contributed by atoms with Gasteiger partial charge in [0.25, 0.3) is 0 Å². The van der Waals surface area contributed by atoms with Crippen molar-refractivity contribution in [1.82, 2.24) is 0 Å². The quantitative estimate of drug-likeness (QED) is 0.690. The zero-order valence-electron chi connectivity index (χ0n) is 12.6. The lowest BCUT2D eigenvalue weighted by atomic mass is 10.0. The third kappa shape index (κ3) is 4.02. The van der Waals surface area contributed by atoms with E-state index in [0.717, 1.165) is 10.6 Å². The first kappa shape index (κ1) is 15.4. The van der Waals surface area contributed by atoms with Crippen LogP contribution in [0.25, 0.3) is 11.1 Å². The van der Waals surface area contributed by atoms with Crippen LogP contribution in [0.15, 0.2) is 83.8 Å². The smallest absolute Gasteiger partial charge is 0.248 e. The molecule has 0 bridgehead atoms. The van der Waals surface area contributed by atoms with Crippen LogP contribution in [0, 0.1) is 0 Å². The van der Waals surface area contributed by atoms with E-state index in [0.29, 0.717) is 5.56 Å². The van der Waals surface area contributed by atoms with E-state index in [-0.39, 0.29) is 0 Å². The molecule has 1 amide bonds. The second-order valence-corrected chi connectivity index (χ2v) is 6.29. The Bertz CT molecular complexity index is 780. The Morgan fingerprint density at radius 3 is 2.00 bits per heavy atom. The molecule has 0 heterocycles. The zero-order chi connectivity index (χ0) is 16.1. The zero-order valence-corrected chi connectivity index (χ0v) is 13.4. The summed E-state index contributed by atoms with van der Waals surface area (Å²) in [7, 11) is 0. The molecule has 3 rings (SSSR count). The van der Waals surface area contributed by atoms with Crippen molar-refractivity contribution in [1.29, 1.82) is 0 Å². The van der Waals surface area contributed by atoms with Crippen molar-refractivity contribution in [2.75, 3.05) is 0 Å². The van der Waals surface area contributed by atoms with E-state index < -0.39 is 5.91 Å². The van der Waals surface area contributed by atoms with Crippen LogP contribution in [0.3, 0.4) is 0 Å². The minimum absolute atomic E-state index is 0.391. The maximum absolute atomic E-state index is 11.1. The summed E-state index contributed by atoms with van der Waals surface area (Å²) in [6.07, 6.45) is 0. The highest BCUT2D eigenvalue weighted by Gasteiger charge is 2.02. The summed E-state index contributed by atoms with van der Waals surface area (Å²) in [6.45, 7) is 0. The Morgan fingerprint density at radius 1 is 0.783 bits per heavy atom. The number of benzene rings is 3. The average Bonchev–Trinajstić information content (AvgIpc) is 2.61. The van der Waals surface area contributed by atoms with E-state index >= 15 is 0 Å². The second kappa shape index (κ2) is 7.16. The van der Waals surface area contributed by atoms with E-state index in [9.17, 15) is 4.79 Å². The summed E-state index contributed by atoms with van der Waals surface area (Å²) in [5.41, 5.74) is 9.52. The number of thioether (sulfide) groups is 1. The summed E-state index contributed by atoms with van der Waals surface area (Å²) in [4.78, 5) is 12.2. The molecule has 114 valence electrons. The SMILES string of the molecule is NC(=O)c1ccc(SCc2ccc(-c3ccccc3)cc2)cc1. The predicted molar refractivity (Wildman–Crippen MR) is 96.4 cm³/mol. The molecule has 3 aromatic carbocycles. The van der Waals surface area contributed by atoms with Gasteiger partial charge in [0, 0.05) is 16.2 Å². The van der Waals surface area contributed by atoms with Gasteiger partial charge in [0.05, 0.1) is 0 Å². The van der Waals surface area contributed by atoms with Gasteiger partial charge in [-0.1, -0.05) is 54.6 Å². The van der Waals surface area contributed by atoms with Crippen molar-refractivity contribution in [2.45, 2.75) is 10.6 Å². The number of amides is 1. The van der Waals surface area contributed by atoms with Crippen LogP contribution in [0.5, 0.6) is 0 Å². The number of carbonyl (C=O) groups is 1. The molecule has 2 nitrogen and oxygen atoms in total. The fraction of sp³-hybridized carbons (Fsp3) is 0.0500. The first-order valence-corrected chi connectivity index (χ1v) is 8.38. The molecule has 0 aliphatic heterocycles. The Kier molecular flexibility index (Phi) is 4.79. The second-order valence-electron chi connectivity index (χ2n) is 5.24. The van der Waals surface area contributed by atoms with Crippen LogP contribution in [0.2, 0.25) is 0 Å². The molecule has 0 fully saturated rings. The van der Waals surface area contributed by atoms with Gasteiger partial charge >= 0.3 is 0 Å². The molecule has 3 aromatic rings. The molecule has 2 N–H and O–H groups in total. The third-order valence-corrected chi connectivity index (χ3v) is 4.69. The topological polar surface area (TPSA) is 43.1 Å². The first-order valence-electron chi connectivity index (χ1n) is 7.39. The monoisotopic (exact) mass is 319 g/mol. The molecule has 23 heavy (non-hydrogen) atoms. The van der Waals surface area contributed by atoms with Crippen LogP contribution in [-0.2, 0) is 5.75 Å². The van der Waals surface area contributed by atoms with E-state index in [4.69, 9.17) is 5.73 Å². The van der Waals surface area contributed by atoms with Crippen molar-refractivity contribution in [3.05, 3.63) is 90.0 Å². The fourth-order valence-corrected chi connectivity index (χ4v) is 3.16. The Balaban J connectivity index is 1.63. The first-order chi connectivity index (χ1) is 11.2. The number of carbonyl (C=O) groups excluding carboxylic acids is 1. The highest BCUT2D eigenvalue weighted by Crippen LogP contribution is 2.25. The molecule has 0 aliphatic carbocycles. The minimum atomic E-state index is -0.391. The van der Waals surface area contributed by atoms with Gasteiger partial charge in [-0.2, -0.15) is 0 Å². The third-order valence-electron chi connectivity index (χ3n) is 3.61. The molecule has 0 spiro atoms. The number of nitrogens with two attached hydrogens (primary N) is 1. The summed E-state index contributed by atoms with van der Waals surface area (Å²) in [6, 6.07) is 26.4. The van der Waals surface area contributed by atoms with Crippen molar-refractivity contribution in [3.63, 3.8) is 0 Å². The van der Waals surface area contributed by atoms with E-state index in [1.807, 2.05) is 18.2 Å². The summed E-state index contributed by atoms with van der Waals surface area (Å²) in [5, 5.41) is 0. The van der Waals surface area contributed by atoms with Gasteiger partial charge in [-0.3, -0.25) is 4.79 Å². The summed E-state index contributed by atoms with van der Waals surface area (Å²) >= 11 is 1.74. The highest BCUT2D eigenvalue weighted by atomic mass is 32.2. The minimum Gasteiger partial charge on any atom is -0.366 e. The van der Waals surface area contributed by atoms with Gasteiger partial charge in [-0.15, -0.1) is 11.8 Å². The van der Waals surface area contributed by atoms with Crippen molar-refractivity contribution in [3.8, 4) is 11.1 Å². The normalized spacial score (nSPS) is 10.4. The average molecular weight is 319 g/mol. The van der Waals surface area contributed by atoms with Crippen molar-refractivity contribution in [2.24, 2.45) is 5.73 Å². The number of hydrogen-bond acceptors (Lipinski definition) is 2. The fourth-order valence-electron chi connectivity index (χ4n) is 2.31. The highest BCUT2D eigenvalue weighted by molar-refractivity contribution is 7.98. The van der Waals surface area contributed by atoms with E-state index in [1.165, 1.54) is 16.7 Å². The van der Waals surface area contributed by atoms with Crippen molar-refractivity contribution < 1.29 is 4.79 Å². The van der Waals surface area contributed by atoms with Crippen LogP contribution in [0.1, 0.15) is 15.9 Å². The Hall–Kier alpha value is -2.52. The van der Waals surface area contributed by atoms with Gasteiger partial charge in [-0.05, 0) is 41.0 Å². The Labute approximate surface area is 140 Å². The van der Waals surface area contributed by atoms with Gasteiger partial charge in [0.15, 0.2) is 0 Å². The lowest BCUT2D eigenvalue weighted by Crippen LogP contribution is -2.10. The molecule has 0 saturated heterocycles. The summed E-state index contributed by atoms with van der Waals surface area (Å²) < 4.78 is 0. The van der Waals surface area contributed by atoms with E-state index in [2.05, 4.69) is 48.5 Å². The van der Waals surface area contributed by atoms with Crippen LogP contribution in [-0.4, -0.2) is 5.91 Å². The van der Waals surface area contributed by atoms with Gasteiger partial charge in [-0.25, -0.2) is 0 Å². The maximum atomic E-state index is 11.1. The molecule has 0 atom stereocenters. The number of primary amides is 1. The molecule has 0 saturated carbocycles. The molecular formula is C20H17NOS. The van der Waals surface area contributed by atoms with E-state index in [1.54, 1.807) is 23.9 Å². The van der Waals surface area contributed by atoms with Gasteiger partial charge < -0.3 is 5.73 Å². The van der Waals surface area contributed by atoms with Crippen LogP contribution >= 0.6 is 11.8 Å². The molecule has 0 aromatic heterocycles. The molecule has 0 unspecified atom stereocenters. The van der Waals surface area contributed by atoms with Crippen LogP contribution in [0.4, 0.5) is 0 Å². The summed E-state index contributed by atoms with van der Waals surface area (Å²) in [5.74, 6) is 0.503. The lowest BCUT2D eigenvalue weighted by Gasteiger charge is -2.05. The van der Waals surface area contributed by atoms with Crippen molar-refractivity contribution >= 4 is 17.7 Å². The molecule has 0 aliphatic rings. The largest absolute Gasteiger partial charge is 0.366 e. The molecule has 3 heteroatoms. The van der Waals surface area contributed by atoms with Crippen LogP contribution < -0.4 is 5.73 Å². The molecule has 0 radical (unpaired) electrons. The maximum Gasteiger partial charge on any atom is 0.248 e. The standard InChI is InChI=1S/C20H17NOS/c21-20(22)18-10-12-19(13-11-18)23-14-15-6-8-17(9-7-15)16-4-2-1-3-5-16/h1-13H,14H2,(H2,21,22). The number of hydrogen-bond donors (Lipinski definition) is 1. The Morgan fingerprint density at radius 2 is 1.39 bits per heavy atom. The number of rotatable bonds is 5. The molecular weight excluding hydrogens is 302 g/mol. The van der Waals surface area contributed by atoms with Gasteiger partial charge in [0.2, 0.25) is 5.91 Å². The van der Waals surface area contributed by atoms with Gasteiger partial charge in [0.1, 0.15) is 0 Å². The lowest BCUT2D eigenvalue weighted by molar-refractivity contribution is 0.1000. The predicted octanol–water partition coefficient (Wildman–Crippen LogP) is 4.74.